The molecule has 6 nitrogen and oxygen atoms in total. The van der Waals surface area contributed by atoms with Gasteiger partial charge in [0.2, 0.25) is 0 Å². The Morgan fingerprint density at radius 2 is 1.76 bits per heavy atom. The smallest absolute Gasteiger partial charge is 0.255 e. The summed E-state index contributed by atoms with van der Waals surface area (Å²) in [6, 6.07) is 15.1. The number of nitrogens with one attached hydrogen (secondary N) is 1. The second kappa shape index (κ2) is 9.89. The van der Waals surface area contributed by atoms with E-state index in [0.29, 0.717) is 12.2 Å². The van der Waals surface area contributed by atoms with Gasteiger partial charge in [0.15, 0.2) is 0 Å². The van der Waals surface area contributed by atoms with Crippen LogP contribution in [0.3, 0.4) is 0 Å². The molecular formula is C23H28N4O2. The van der Waals surface area contributed by atoms with Crippen LogP contribution in [0.4, 0.5) is 5.69 Å². The monoisotopic (exact) mass is 392 g/mol. The molecule has 0 aliphatic carbocycles. The lowest BCUT2D eigenvalue weighted by Gasteiger charge is -2.18. The highest BCUT2D eigenvalue weighted by atomic mass is 16.5. The molecule has 0 unspecified atom stereocenters. The van der Waals surface area contributed by atoms with Gasteiger partial charge >= 0.3 is 0 Å². The van der Waals surface area contributed by atoms with Crippen LogP contribution in [0, 0.1) is 0 Å². The van der Waals surface area contributed by atoms with E-state index in [2.05, 4.69) is 29.0 Å². The quantitative estimate of drug-likeness (QED) is 0.596. The average molecular weight is 393 g/mol. The topological polar surface area (TPSA) is 59.4 Å². The first kappa shape index (κ1) is 20.6. The van der Waals surface area contributed by atoms with Crippen LogP contribution in [0.1, 0.15) is 35.6 Å². The Bertz CT molecular complexity index is 913. The lowest BCUT2D eigenvalue weighted by atomic mass is 10.1. The van der Waals surface area contributed by atoms with Crippen LogP contribution in [0.25, 0.3) is 0 Å². The van der Waals surface area contributed by atoms with Gasteiger partial charge in [-0.2, -0.15) is 0 Å². The largest absolute Gasteiger partial charge is 0.486 e. The van der Waals surface area contributed by atoms with Gasteiger partial charge < -0.3 is 14.6 Å². The van der Waals surface area contributed by atoms with Gasteiger partial charge in [-0.15, -0.1) is 0 Å². The molecule has 0 saturated carbocycles. The van der Waals surface area contributed by atoms with Crippen LogP contribution >= 0.6 is 0 Å². The number of aryl methyl sites for hydroxylation is 1. The number of carbonyl (C=O) groups is 1. The van der Waals surface area contributed by atoms with Crippen LogP contribution in [-0.2, 0) is 20.2 Å². The third kappa shape index (κ3) is 5.68. The minimum Gasteiger partial charge on any atom is -0.486 e. The summed E-state index contributed by atoms with van der Waals surface area (Å²) in [6.07, 6.45) is 3.63. The molecule has 0 spiro atoms. The van der Waals surface area contributed by atoms with E-state index in [1.807, 2.05) is 66.3 Å². The van der Waals surface area contributed by atoms with Crippen LogP contribution in [0.15, 0.2) is 60.9 Å². The number of imidazole rings is 1. The Morgan fingerprint density at radius 3 is 2.34 bits per heavy atom. The third-order valence-electron chi connectivity index (χ3n) is 4.92. The maximum absolute atomic E-state index is 12.5. The van der Waals surface area contributed by atoms with Gasteiger partial charge in [-0.25, -0.2) is 4.98 Å². The summed E-state index contributed by atoms with van der Waals surface area (Å²) in [6.45, 7) is 7.63. The molecule has 2 aromatic carbocycles. The molecule has 1 amide bonds. The molecule has 3 rings (SSSR count). The number of aromatic nitrogens is 2. The van der Waals surface area contributed by atoms with Crippen LogP contribution in [0.5, 0.6) is 5.75 Å². The van der Waals surface area contributed by atoms with Crippen LogP contribution in [-0.4, -0.2) is 33.4 Å². The lowest BCUT2D eigenvalue weighted by Crippen LogP contribution is -2.22. The molecule has 0 saturated heterocycles. The Hall–Kier alpha value is -3.12. The number of carbonyl (C=O) groups excluding carboxylic acids is 1. The molecule has 152 valence electrons. The van der Waals surface area contributed by atoms with Gasteiger partial charge in [0, 0.05) is 37.2 Å². The van der Waals surface area contributed by atoms with Crippen LogP contribution < -0.4 is 10.1 Å². The van der Waals surface area contributed by atoms with Crippen molar-refractivity contribution in [3.8, 4) is 5.75 Å². The molecule has 1 N–H and O–H groups in total. The molecule has 0 aliphatic rings. The fourth-order valence-corrected chi connectivity index (χ4v) is 2.99. The maximum Gasteiger partial charge on any atom is 0.255 e. The zero-order valence-electron chi connectivity index (χ0n) is 17.3. The highest BCUT2D eigenvalue weighted by Crippen LogP contribution is 2.18. The number of anilines is 1. The molecule has 0 aliphatic heterocycles. The second-order valence-electron chi connectivity index (χ2n) is 6.88. The molecule has 0 bridgehead atoms. The minimum atomic E-state index is -0.124. The summed E-state index contributed by atoms with van der Waals surface area (Å²) < 4.78 is 7.66. The van der Waals surface area contributed by atoms with E-state index in [1.54, 1.807) is 6.20 Å². The summed E-state index contributed by atoms with van der Waals surface area (Å²) in [4.78, 5) is 19.1. The SMILES string of the molecule is CCN(CC)Cc1ccc(C(=O)Nc2ccc(OCc3nccn3C)cc2)cc1. The van der Waals surface area contributed by atoms with E-state index in [1.165, 1.54) is 5.56 Å². The predicted molar refractivity (Wildman–Crippen MR) is 115 cm³/mol. The van der Waals surface area contributed by atoms with Crippen molar-refractivity contribution in [3.63, 3.8) is 0 Å². The molecular weight excluding hydrogens is 364 g/mol. The van der Waals surface area contributed by atoms with E-state index in [4.69, 9.17) is 4.74 Å². The first-order chi connectivity index (χ1) is 14.1. The average Bonchev–Trinajstić information content (AvgIpc) is 3.16. The summed E-state index contributed by atoms with van der Waals surface area (Å²) in [7, 11) is 1.93. The summed E-state index contributed by atoms with van der Waals surface area (Å²) in [5.41, 5.74) is 2.58. The Balaban J connectivity index is 1.54. The van der Waals surface area contributed by atoms with Crippen molar-refractivity contribution in [2.75, 3.05) is 18.4 Å². The third-order valence-corrected chi connectivity index (χ3v) is 4.92. The fourth-order valence-electron chi connectivity index (χ4n) is 2.99. The summed E-state index contributed by atoms with van der Waals surface area (Å²) in [5.74, 6) is 1.46. The Morgan fingerprint density at radius 1 is 1.07 bits per heavy atom. The van der Waals surface area contributed by atoms with Crippen molar-refractivity contribution < 1.29 is 9.53 Å². The van der Waals surface area contributed by atoms with Crippen molar-refractivity contribution in [2.45, 2.75) is 27.0 Å². The fraction of sp³-hybridized carbons (Fsp3) is 0.304. The standard InChI is InChI=1S/C23H28N4O2/c1-4-27(5-2)16-18-6-8-19(9-7-18)23(28)25-20-10-12-21(13-11-20)29-17-22-24-14-15-26(22)3/h6-15H,4-5,16-17H2,1-3H3,(H,25,28). The molecule has 29 heavy (non-hydrogen) atoms. The van der Waals surface area contributed by atoms with Gasteiger partial charge in [0.1, 0.15) is 18.2 Å². The van der Waals surface area contributed by atoms with Gasteiger partial charge in [-0.3, -0.25) is 9.69 Å². The van der Waals surface area contributed by atoms with Crippen molar-refractivity contribution in [3.05, 3.63) is 77.9 Å². The highest BCUT2D eigenvalue weighted by Gasteiger charge is 2.08. The number of benzene rings is 2. The maximum atomic E-state index is 12.5. The number of ether oxygens (including phenoxy) is 1. The van der Waals surface area contributed by atoms with E-state index >= 15 is 0 Å². The van der Waals surface area contributed by atoms with Gasteiger partial charge in [0.25, 0.3) is 5.91 Å². The first-order valence-corrected chi connectivity index (χ1v) is 9.90. The molecule has 3 aromatic rings. The highest BCUT2D eigenvalue weighted by molar-refractivity contribution is 6.04. The summed E-state index contributed by atoms with van der Waals surface area (Å²) in [5, 5.41) is 2.93. The molecule has 1 aromatic heterocycles. The Kier molecular flexibility index (Phi) is 7.03. The zero-order valence-corrected chi connectivity index (χ0v) is 17.3. The van der Waals surface area contributed by atoms with E-state index in [9.17, 15) is 4.79 Å². The molecule has 6 heteroatoms. The number of hydrogen-bond acceptors (Lipinski definition) is 4. The number of hydrogen-bond donors (Lipinski definition) is 1. The normalized spacial score (nSPS) is 10.9. The lowest BCUT2D eigenvalue weighted by molar-refractivity contribution is 0.102. The van der Waals surface area contributed by atoms with E-state index in [-0.39, 0.29) is 5.91 Å². The first-order valence-electron chi connectivity index (χ1n) is 9.90. The van der Waals surface area contributed by atoms with Crippen molar-refractivity contribution in [1.29, 1.82) is 0 Å². The molecule has 1 heterocycles. The van der Waals surface area contributed by atoms with Crippen molar-refractivity contribution in [1.82, 2.24) is 14.5 Å². The number of rotatable bonds is 9. The van der Waals surface area contributed by atoms with Gasteiger partial charge in [-0.1, -0.05) is 26.0 Å². The van der Waals surface area contributed by atoms with Crippen LogP contribution in [0.2, 0.25) is 0 Å². The van der Waals surface area contributed by atoms with Gasteiger partial charge in [0.05, 0.1) is 0 Å². The van der Waals surface area contributed by atoms with Gasteiger partial charge in [-0.05, 0) is 55.1 Å². The molecule has 0 atom stereocenters. The predicted octanol–water partition coefficient (Wildman–Crippen LogP) is 4.09. The molecule has 0 fully saturated rings. The number of nitrogens with zero attached hydrogens (tertiary/aromatic N) is 3. The molecule has 0 radical (unpaired) electrons. The zero-order chi connectivity index (χ0) is 20.6. The number of amides is 1. The van der Waals surface area contributed by atoms with Crippen molar-refractivity contribution in [2.24, 2.45) is 7.05 Å². The Labute approximate surface area is 172 Å². The van der Waals surface area contributed by atoms with E-state index in [0.717, 1.165) is 36.9 Å². The minimum absolute atomic E-state index is 0.124. The van der Waals surface area contributed by atoms with E-state index < -0.39 is 0 Å². The second-order valence-corrected chi connectivity index (χ2v) is 6.88. The summed E-state index contributed by atoms with van der Waals surface area (Å²) >= 11 is 0. The van der Waals surface area contributed by atoms with Crippen molar-refractivity contribution >= 4 is 11.6 Å².